The Morgan fingerprint density at radius 1 is 1.05 bits per heavy atom. The number of nitrogens with zero attached hydrogens (tertiary/aromatic N) is 1. The molecule has 1 aliphatic carbocycles. The molecule has 202 valence electrons. The second kappa shape index (κ2) is 9.53. The molecule has 3 fully saturated rings. The first-order valence-electron chi connectivity index (χ1n) is 13.7. The summed E-state index contributed by atoms with van der Waals surface area (Å²) in [6.07, 6.45) is 4.68. The van der Waals surface area contributed by atoms with Crippen LogP contribution < -0.4 is 14.2 Å². The van der Waals surface area contributed by atoms with E-state index in [4.69, 9.17) is 18.9 Å². The third kappa shape index (κ3) is 3.54. The van der Waals surface area contributed by atoms with Gasteiger partial charge in [0.1, 0.15) is 11.2 Å². The van der Waals surface area contributed by atoms with E-state index in [0.717, 1.165) is 60.4 Å². The zero-order valence-corrected chi connectivity index (χ0v) is 23.1. The van der Waals surface area contributed by atoms with Gasteiger partial charge in [0.2, 0.25) is 0 Å². The summed E-state index contributed by atoms with van der Waals surface area (Å²) in [5.74, 6) is 3.15. The molecule has 7 nitrogen and oxygen atoms in total. The van der Waals surface area contributed by atoms with E-state index < -0.39 is 5.41 Å². The van der Waals surface area contributed by atoms with Crippen molar-refractivity contribution in [3.63, 3.8) is 0 Å². The van der Waals surface area contributed by atoms with Gasteiger partial charge in [-0.3, -0.25) is 9.69 Å². The fraction of sp³-hybridized carbons (Fsp3) is 0.516. The van der Waals surface area contributed by atoms with Crippen molar-refractivity contribution in [2.24, 2.45) is 11.8 Å². The lowest BCUT2D eigenvalue weighted by Crippen LogP contribution is -2.67. The molecule has 4 heterocycles. The van der Waals surface area contributed by atoms with Crippen LogP contribution in [0.5, 0.6) is 17.2 Å². The summed E-state index contributed by atoms with van der Waals surface area (Å²) in [4.78, 5) is 20.2. The minimum Gasteiger partial charge on any atom is -0.496 e. The van der Waals surface area contributed by atoms with Crippen LogP contribution in [0.2, 0.25) is 0 Å². The van der Waals surface area contributed by atoms with Crippen molar-refractivity contribution in [3.8, 4) is 17.2 Å². The highest BCUT2D eigenvalue weighted by atomic mass is 16.5. The Morgan fingerprint density at radius 2 is 1.82 bits per heavy atom. The zero-order valence-electron chi connectivity index (χ0n) is 23.1. The number of carbonyl (C=O) groups is 1. The molecule has 7 heteroatoms. The first kappa shape index (κ1) is 25.1. The predicted octanol–water partition coefficient (Wildman–Crippen LogP) is 4.87. The van der Waals surface area contributed by atoms with E-state index >= 15 is 0 Å². The molecule has 38 heavy (non-hydrogen) atoms. The molecule has 1 unspecified atom stereocenters. The lowest BCUT2D eigenvalue weighted by Gasteiger charge is -2.57. The summed E-state index contributed by atoms with van der Waals surface area (Å²) >= 11 is 0. The van der Waals surface area contributed by atoms with Crippen LogP contribution in [0.3, 0.4) is 0 Å². The molecule has 0 spiro atoms. The molecule has 4 aliphatic rings. The summed E-state index contributed by atoms with van der Waals surface area (Å²) in [6.45, 7) is 4.29. The summed E-state index contributed by atoms with van der Waals surface area (Å²) in [6, 6.07) is 10.3. The minimum absolute atomic E-state index is 0.0986. The highest BCUT2D eigenvalue weighted by molar-refractivity contribution is 5.94. The van der Waals surface area contributed by atoms with Gasteiger partial charge >= 0.3 is 5.97 Å². The number of aromatic nitrogens is 1. The lowest BCUT2D eigenvalue weighted by molar-refractivity contribution is -0.162. The molecule has 0 amide bonds. The molecule has 3 aromatic rings. The molecule has 3 aliphatic heterocycles. The molecule has 1 aromatic heterocycles. The number of ether oxygens (including phenoxy) is 4. The van der Waals surface area contributed by atoms with E-state index in [9.17, 15) is 4.79 Å². The van der Waals surface area contributed by atoms with Gasteiger partial charge in [-0.15, -0.1) is 0 Å². The Kier molecular flexibility index (Phi) is 6.29. The number of hydrogen-bond acceptors (Lipinski definition) is 6. The van der Waals surface area contributed by atoms with Crippen molar-refractivity contribution >= 4 is 16.9 Å². The standard InChI is InChI=1S/C31H38N2O5/c1-6-20-13-19-16-31(30(34)38-5)28-21(11-12-33(17-19)29(20)31)27-22(24(35-2)10-8-23(27)32-28)14-18-7-9-25(36-3)26(15-18)37-4/h7-10,15,19-20,29,32H,6,11-14,16-17H2,1-5H3/t19-,20+,29+,31-/m1/s1. The largest absolute Gasteiger partial charge is 0.496 e. The normalized spacial score (nSPS) is 27.5. The van der Waals surface area contributed by atoms with Crippen LogP contribution in [-0.4, -0.2) is 63.4 Å². The van der Waals surface area contributed by atoms with Crippen LogP contribution in [0, 0.1) is 11.8 Å². The van der Waals surface area contributed by atoms with E-state index in [1.807, 2.05) is 18.2 Å². The molecule has 0 radical (unpaired) electrons. The summed E-state index contributed by atoms with van der Waals surface area (Å²) in [5.41, 5.74) is 4.92. The second-order valence-corrected chi connectivity index (χ2v) is 11.1. The monoisotopic (exact) mass is 518 g/mol. The highest BCUT2D eigenvalue weighted by Gasteiger charge is 2.62. The van der Waals surface area contributed by atoms with Crippen LogP contribution in [0.15, 0.2) is 30.3 Å². The summed E-state index contributed by atoms with van der Waals surface area (Å²) in [7, 11) is 6.58. The van der Waals surface area contributed by atoms with Gasteiger partial charge in [0.05, 0.1) is 28.4 Å². The SMILES string of the molecule is CC[C@H]1C[C@H]2CN3CCc4c([nH]c5ccc(OC)c(Cc6ccc(OC)c(OC)c6)c45)[C@](C(=O)OC)(C2)[C@H]13. The molecule has 1 N–H and O–H groups in total. The fourth-order valence-electron chi connectivity index (χ4n) is 8.03. The van der Waals surface area contributed by atoms with E-state index in [-0.39, 0.29) is 12.0 Å². The topological polar surface area (TPSA) is 73.0 Å². The average Bonchev–Trinajstić information content (AvgIpc) is 3.30. The van der Waals surface area contributed by atoms with Gasteiger partial charge in [0.25, 0.3) is 0 Å². The molecule has 4 bridgehead atoms. The number of piperidine rings is 2. The van der Waals surface area contributed by atoms with Gasteiger partial charge in [-0.05, 0) is 66.5 Å². The molecular formula is C31H38N2O5. The number of benzene rings is 2. The van der Waals surface area contributed by atoms with Crippen LogP contribution in [0.25, 0.3) is 10.9 Å². The Balaban J connectivity index is 1.56. The minimum atomic E-state index is -0.671. The Labute approximate surface area is 224 Å². The number of esters is 1. The maximum atomic E-state index is 13.9. The first-order valence-corrected chi connectivity index (χ1v) is 13.7. The van der Waals surface area contributed by atoms with Gasteiger partial charge in [-0.25, -0.2) is 0 Å². The maximum Gasteiger partial charge on any atom is 0.319 e. The Hall–Kier alpha value is -3.19. The quantitative estimate of drug-likeness (QED) is 0.450. The third-order valence-electron chi connectivity index (χ3n) is 9.44. The van der Waals surface area contributed by atoms with E-state index in [2.05, 4.69) is 28.9 Å². The predicted molar refractivity (Wildman–Crippen MR) is 146 cm³/mol. The van der Waals surface area contributed by atoms with Gasteiger partial charge in [-0.2, -0.15) is 0 Å². The van der Waals surface area contributed by atoms with Crippen LogP contribution in [-0.2, 0) is 27.8 Å². The molecule has 2 saturated heterocycles. The average molecular weight is 519 g/mol. The summed E-state index contributed by atoms with van der Waals surface area (Å²) in [5, 5.41) is 1.18. The number of carbonyl (C=O) groups excluding carboxylic acids is 1. The number of rotatable bonds is 7. The molecule has 5 atom stereocenters. The number of hydrogen-bond donors (Lipinski definition) is 1. The zero-order chi connectivity index (χ0) is 26.6. The van der Waals surface area contributed by atoms with Crippen LogP contribution in [0.1, 0.15) is 48.6 Å². The van der Waals surface area contributed by atoms with Crippen molar-refractivity contribution in [1.82, 2.24) is 9.88 Å². The van der Waals surface area contributed by atoms with Crippen LogP contribution in [0.4, 0.5) is 0 Å². The number of methoxy groups -OCH3 is 4. The lowest BCUT2D eigenvalue weighted by atomic mass is 9.56. The number of nitrogens with one attached hydrogen (secondary N) is 1. The second-order valence-electron chi connectivity index (χ2n) is 11.1. The van der Waals surface area contributed by atoms with Gasteiger partial charge in [0, 0.05) is 47.7 Å². The number of fused-ring (bicyclic) bond motifs is 4. The van der Waals surface area contributed by atoms with Gasteiger partial charge in [-0.1, -0.05) is 19.4 Å². The summed E-state index contributed by atoms with van der Waals surface area (Å²) < 4.78 is 22.5. The van der Waals surface area contributed by atoms with Gasteiger partial charge < -0.3 is 23.9 Å². The van der Waals surface area contributed by atoms with E-state index in [1.54, 1.807) is 28.4 Å². The Morgan fingerprint density at radius 3 is 2.53 bits per heavy atom. The third-order valence-corrected chi connectivity index (χ3v) is 9.44. The highest BCUT2D eigenvalue weighted by Crippen LogP contribution is 2.56. The fourth-order valence-corrected chi connectivity index (χ4v) is 8.03. The Bertz CT molecular complexity index is 1380. The van der Waals surface area contributed by atoms with E-state index in [1.165, 1.54) is 17.4 Å². The van der Waals surface area contributed by atoms with Crippen LogP contribution >= 0.6 is 0 Å². The molecule has 2 aromatic carbocycles. The van der Waals surface area contributed by atoms with Crippen molar-refractivity contribution in [2.45, 2.75) is 50.5 Å². The number of aromatic amines is 1. The van der Waals surface area contributed by atoms with Crippen molar-refractivity contribution in [3.05, 3.63) is 52.7 Å². The number of H-pyrrole nitrogens is 1. The molecular weight excluding hydrogens is 480 g/mol. The first-order chi connectivity index (χ1) is 18.5. The van der Waals surface area contributed by atoms with Crippen molar-refractivity contribution in [1.29, 1.82) is 0 Å². The van der Waals surface area contributed by atoms with Gasteiger partial charge in [0.15, 0.2) is 11.5 Å². The van der Waals surface area contributed by atoms with Crippen molar-refractivity contribution in [2.75, 3.05) is 41.5 Å². The van der Waals surface area contributed by atoms with Crippen molar-refractivity contribution < 1.29 is 23.7 Å². The smallest absolute Gasteiger partial charge is 0.319 e. The maximum absolute atomic E-state index is 13.9. The van der Waals surface area contributed by atoms with E-state index in [0.29, 0.717) is 29.8 Å². The molecule has 7 rings (SSSR count). The molecule has 1 saturated carbocycles.